The van der Waals surface area contributed by atoms with E-state index in [0.29, 0.717) is 12.8 Å². The number of aliphatic hydroxyl groups excluding tert-OH is 2. The molecule has 0 bridgehead atoms. The van der Waals surface area contributed by atoms with Gasteiger partial charge in [0.25, 0.3) is 0 Å². The van der Waals surface area contributed by atoms with Crippen molar-refractivity contribution >= 4 is 11.3 Å². The smallest absolute Gasteiger partial charge is 0.0560 e. The fourth-order valence-corrected chi connectivity index (χ4v) is 2.48. The van der Waals surface area contributed by atoms with E-state index in [-0.39, 0.29) is 12.2 Å². The molecule has 13 heavy (non-hydrogen) atoms. The first-order chi connectivity index (χ1) is 6.08. The zero-order valence-electron chi connectivity index (χ0n) is 8.03. The largest absolute Gasteiger partial charge is 0.393 e. The molecule has 0 fully saturated rings. The van der Waals surface area contributed by atoms with Crippen molar-refractivity contribution in [1.29, 1.82) is 0 Å². The van der Waals surface area contributed by atoms with E-state index in [0.717, 1.165) is 0 Å². The average Bonchev–Trinajstić information content (AvgIpc) is 2.33. The molecule has 2 unspecified atom stereocenters. The third-order valence-electron chi connectivity index (χ3n) is 1.71. The SMILES string of the molecule is CC(O)Cc1ccc(CC(C)O)s1. The van der Waals surface area contributed by atoms with Crippen LogP contribution < -0.4 is 0 Å². The van der Waals surface area contributed by atoms with Crippen LogP contribution in [0.15, 0.2) is 12.1 Å². The van der Waals surface area contributed by atoms with Crippen molar-refractivity contribution < 1.29 is 10.2 Å². The van der Waals surface area contributed by atoms with Crippen LogP contribution >= 0.6 is 11.3 Å². The van der Waals surface area contributed by atoms with Crippen LogP contribution in [0.5, 0.6) is 0 Å². The summed E-state index contributed by atoms with van der Waals surface area (Å²) in [6.45, 7) is 3.57. The first-order valence-electron chi connectivity index (χ1n) is 4.51. The second-order valence-electron chi connectivity index (χ2n) is 3.47. The molecule has 0 saturated carbocycles. The monoisotopic (exact) mass is 200 g/mol. The van der Waals surface area contributed by atoms with Crippen LogP contribution in [-0.4, -0.2) is 22.4 Å². The van der Waals surface area contributed by atoms with Crippen LogP contribution in [0.2, 0.25) is 0 Å². The minimum atomic E-state index is -0.280. The van der Waals surface area contributed by atoms with Crippen molar-refractivity contribution in [3.8, 4) is 0 Å². The van der Waals surface area contributed by atoms with Crippen LogP contribution in [0.1, 0.15) is 23.6 Å². The van der Waals surface area contributed by atoms with Crippen LogP contribution in [0.25, 0.3) is 0 Å². The molecule has 0 aliphatic rings. The molecule has 1 aromatic rings. The molecular weight excluding hydrogens is 184 g/mol. The molecule has 1 heterocycles. The molecule has 0 radical (unpaired) electrons. The fourth-order valence-electron chi connectivity index (χ4n) is 1.22. The van der Waals surface area contributed by atoms with Crippen molar-refractivity contribution in [2.24, 2.45) is 0 Å². The lowest BCUT2D eigenvalue weighted by atomic mass is 10.2. The zero-order chi connectivity index (χ0) is 9.84. The number of hydrogen-bond acceptors (Lipinski definition) is 3. The van der Waals surface area contributed by atoms with E-state index in [4.69, 9.17) is 10.2 Å². The Labute approximate surface area is 82.8 Å². The van der Waals surface area contributed by atoms with Gasteiger partial charge in [-0.25, -0.2) is 0 Å². The van der Waals surface area contributed by atoms with Crippen LogP contribution in [0.3, 0.4) is 0 Å². The molecule has 1 aromatic heterocycles. The molecule has 0 aliphatic heterocycles. The Morgan fingerprint density at radius 2 is 1.46 bits per heavy atom. The number of hydrogen-bond donors (Lipinski definition) is 2. The van der Waals surface area contributed by atoms with Gasteiger partial charge < -0.3 is 10.2 Å². The van der Waals surface area contributed by atoms with E-state index in [1.807, 2.05) is 12.1 Å². The lowest BCUT2D eigenvalue weighted by Gasteiger charge is -2.01. The number of rotatable bonds is 4. The fraction of sp³-hybridized carbons (Fsp3) is 0.600. The Morgan fingerprint density at radius 3 is 1.77 bits per heavy atom. The van der Waals surface area contributed by atoms with E-state index in [1.165, 1.54) is 9.75 Å². The Bertz CT molecular complexity index is 229. The molecule has 0 amide bonds. The van der Waals surface area contributed by atoms with E-state index >= 15 is 0 Å². The molecule has 2 N–H and O–H groups in total. The second kappa shape index (κ2) is 4.74. The zero-order valence-corrected chi connectivity index (χ0v) is 8.84. The lowest BCUT2D eigenvalue weighted by Crippen LogP contribution is -2.02. The van der Waals surface area contributed by atoms with Gasteiger partial charge in [0.15, 0.2) is 0 Å². The summed E-state index contributed by atoms with van der Waals surface area (Å²) in [7, 11) is 0. The molecule has 0 aliphatic carbocycles. The van der Waals surface area contributed by atoms with E-state index in [1.54, 1.807) is 25.2 Å². The van der Waals surface area contributed by atoms with Gasteiger partial charge in [0.1, 0.15) is 0 Å². The van der Waals surface area contributed by atoms with E-state index < -0.39 is 0 Å². The lowest BCUT2D eigenvalue weighted by molar-refractivity contribution is 0.196. The molecule has 2 nitrogen and oxygen atoms in total. The Balaban J connectivity index is 2.53. The number of aliphatic hydroxyl groups is 2. The minimum Gasteiger partial charge on any atom is -0.393 e. The predicted octanol–water partition coefficient (Wildman–Crippen LogP) is 1.59. The van der Waals surface area contributed by atoms with E-state index in [9.17, 15) is 0 Å². The molecule has 0 aromatic carbocycles. The highest BCUT2D eigenvalue weighted by Crippen LogP contribution is 2.19. The summed E-state index contributed by atoms with van der Waals surface area (Å²) in [5.41, 5.74) is 0. The number of thiophene rings is 1. The minimum absolute atomic E-state index is 0.280. The summed E-state index contributed by atoms with van der Waals surface area (Å²) in [6, 6.07) is 4.05. The van der Waals surface area contributed by atoms with Gasteiger partial charge in [-0.05, 0) is 26.0 Å². The third kappa shape index (κ3) is 3.89. The summed E-state index contributed by atoms with van der Waals surface area (Å²) in [5, 5.41) is 18.3. The highest BCUT2D eigenvalue weighted by atomic mass is 32.1. The maximum absolute atomic E-state index is 9.15. The van der Waals surface area contributed by atoms with Crippen molar-refractivity contribution in [2.75, 3.05) is 0 Å². The van der Waals surface area contributed by atoms with Gasteiger partial charge in [-0.2, -0.15) is 0 Å². The summed E-state index contributed by atoms with van der Waals surface area (Å²) < 4.78 is 0. The molecule has 2 atom stereocenters. The quantitative estimate of drug-likeness (QED) is 0.775. The standard InChI is InChI=1S/C10H16O2S/c1-7(11)5-9-3-4-10(13-9)6-8(2)12/h3-4,7-8,11-12H,5-6H2,1-2H3. The third-order valence-corrected chi connectivity index (χ3v) is 2.84. The van der Waals surface area contributed by atoms with Gasteiger partial charge in [0, 0.05) is 22.6 Å². The van der Waals surface area contributed by atoms with Crippen molar-refractivity contribution in [3.63, 3.8) is 0 Å². The van der Waals surface area contributed by atoms with Crippen LogP contribution in [0, 0.1) is 0 Å². The first-order valence-corrected chi connectivity index (χ1v) is 5.33. The van der Waals surface area contributed by atoms with Gasteiger partial charge in [-0.1, -0.05) is 0 Å². The highest BCUT2D eigenvalue weighted by molar-refractivity contribution is 7.12. The topological polar surface area (TPSA) is 40.5 Å². The predicted molar refractivity (Wildman–Crippen MR) is 55.1 cm³/mol. The maximum atomic E-state index is 9.15. The molecule has 0 saturated heterocycles. The van der Waals surface area contributed by atoms with Gasteiger partial charge >= 0.3 is 0 Å². The Kier molecular flexibility index (Phi) is 3.90. The second-order valence-corrected chi connectivity index (χ2v) is 4.73. The van der Waals surface area contributed by atoms with Crippen molar-refractivity contribution in [1.82, 2.24) is 0 Å². The molecular formula is C10H16O2S. The van der Waals surface area contributed by atoms with Gasteiger partial charge in [0.2, 0.25) is 0 Å². The summed E-state index contributed by atoms with van der Waals surface area (Å²) >= 11 is 1.67. The normalized spacial score (nSPS) is 15.7. The van der Waals surface area contributed by atoms with Crippen molar-refractivity contribution in [2.45, 2.75) is 38.9 Å². The van der Waals surface area contributed by atoms with E-state index in [2.05, 4.69) is 0 Å². The summed E-state index contributed by atoms with van der Waals surface area (Å²) in [5.74, 6) is 0. The molecule has 0 spiro atoms. The molecule has 1 rings (SSSR count). The highest BCUT2D eigenvalue weighted by Gasteiger charge is 2.05. The summed E-state index contributed by atoms with van der Waals surface area (Å²) in [4.78, 5) is 2.37. The molecule has 3 heteroatoms. The van der Waals surface area contributed by atoms with Crippen LogP contribution in [0.4, 0.5) is 0 Å². The van der Waals surface area contributed by atoms with Gasteiger partial charge in [0.05, 0.1) is 12.2 Å². The maximum Gasteiger partial charge on any atom is 0.0560 e. The average molecular weight is 200 g/mol. The summed E-state index contributed by atoms with van der Waals surface area (Å²) in [6.07, 6.45) is 0.866. The Morgan fingerprint density at radius 1 is 1.08 bits per heavy atom. The van der Waals surface area contributed by atoms with Crippen molar-refractivity contribution in [3.05, 3.63) is 21.9 Å². The molecule has 74 valence electrons. The Hall–Kier alpha value is -0.380. The van der Waals surface area contributed by atoms with Gasteiger partial charge in [-0.15, -0.1) is 11.3 Å². The van der Waals surface area contributed by atoms with Crippen LogP contribution in [-0.2, 0) is 12.8 Å². The first kappa shape index (κ1) is 10.7. The van der Waals surface area contributed by atoms with Gasteiger partial charge in [-0.3, -0.25) is 0 Å².